The third-order valence-corrected chi connectivity index (χ3v) is 2.91. The minimum atomic E-state index is -1.07. The number of ether oxygens (including phenoxy) is 2. The van der Waals surface area contributed by atoms with Gasteiger partial charge in [0.25, 0.3) is 5.88 Å². The first-order valence-corrected chi connectivity index (χ1v) is 6.69. The Morgan fingerprint density at radius 3 is 2.85 bits per heavy atom. The van der Waals surface area contributed by atoms with Crippen LogP contribution in [0, 0.1) is 0 Å². The molecule has 0 spiro atoms. The molecule has 0 unspecified atom stereocenters. The highest BCUT2D eigenvalue weighted by Gasteiger charge is 2.15. The maximum Gasteiger partial charge on any atom is 0.339 e. The maximum absolute atomic E-state index is 11.2. The molecular formula is C14H12BrNO4. The lowest BCUT2D eigenvalue weighted by molar-refractivity contribution is 0.0694. The van der Waals surface area contributed by atoms with Crippen molar-refractivity contribution in [1.82, 2.24) is 4.98 Å². The lowest BCUT2D eigenvalue weighted by Gasteiger charge is -2.11. The molecule has 6 heteroatoms. The molecular weight excluding hydrogens is 326 g/mol. The summed E-state index contributed by atoms with van der Waals surface area (Å²) < 4.78 is 11.6. The molecule has 1 aromatic heterocycles. The number of carboxylic acids is 1. The van der Waals surface area contributed by atoms with Gasteiger partial charge in [0.1, 0.15) is 11.3 Å². The molecule has 1 heterocycles. The SMILES string of the molecule is CCOc1cccnc1Oc1ccc(Br)cc1C(=O)O. The summed E-state index contributed by atoms with van der Waals surface area (Å²) in [4.78, 5) is 15.3. The van der Waals surface area contributed by atoms with Gasteiger partial charge in [-0.15, -0.1) is 0 Å². The van der Waals surface area contributed by atoms with Crippen LogP contribution in [0.4, 0.5) is 0 Å². The number of hydrogen-bond acceptors (Lipinski definition) is 4. The zero-order chi connectivity index (χ0) is 14.5. The quantitative estimate of drug-likeness (QED) is 0.900. The molecule has 2 aromatic rings. The molecule has 0 amide bonds. The number of pyridine rings is 1. The molecule has 2 rings (SSSR count). The summed E-state index contributed by atoms with van der Waals surface area (Å²) in [5.41, 5.74) is 0.0486. The van der Waals surface area contributed by atoms with E-state index >= 15 is 0 Å². The number of halogens is 1. The number of carbonyl (C=O) groups is 1. The normalized spacial score (nSPS) is 10.1. The van der Waals surface area contributed by atoms with Crippen molar-refractivity contribution >= 4 is 21.9 Å². The van der Waals surface area contributed by atoms with Gasteiger partial charge in [-0.25, -0.2) is 9.78 Å². The van der Waals surface area contributed by atoms with E-state index in [1.807, 2.05) is 6.92 Å². The Labute approximate surface area is 124 Å². The minimum Gasteiger partial charge on any atom is -0.488 e. The fourth-order valence-electron chi connectivity index (χ4n) is 1.58. The molecule has 0 aliphatic rings. The standard InChI is InChI=1S/C14H12BrNO4/c1-2-19-12-4-3-7-16-13(12)20-11-6-5-9(15)8-10(11)14(17)18/h3-8H,2H2,1H3,(H,17,18). The summed E-state index contributed by atoms with van der Waals surface area (Å²) in [6.45, 7) is 2.31. The number of hydrogen-bond donors (Lipinski definition) is 1. The molecule has 0 bridgehead atoms. The summed E-state index contributed by atoms with van der Waals surface area (Å²) in [7, 11) is 0. The molecule has 0 radical (unpaired) electrons. The van der Waals surface area contributed by atoms with Crippen LogP contribution in [0.25, 0.3) is 0 Å². The zero-order valence-corrected chi connectivity index (χ0v) is 12.3. The largest absolute Gasteiger partial charge is 0.488 e. The molecule has 0 atom stereocenters. The van der Waals surface area contributed by atoms with Crippen molar-refractivity contribution < 1.29 is 19.4 Å². The van der Waals surface area contributed by atoms with Gasteiger partial charge in [-0.3, -0.25) is 0 Å². The van der Waals surface area contributed by atoms with Crippen LogP contribution in [-0.4, -0.2) is 22.7 Å². The summed E-state index contributed by atoms with van der Waals surface area (Å²) in [5.74, 6) is -0.163. The second kappa shape index (κ2) is 6.38. The third-order valence-electron chi connectivity index (χ3n) is 2.41. The molecule has 0 aliphatic carbocycles. The highest BCUT2D eigenvalue weighted by atomic mass is 79.9. The van der Waals surface area contributed by atoms with Gasteiger partial charge >= 0.3 is 5.97 Å². The van der Waals surface area contributed by atoms with Gasteiger partial charge in [0.15, 0.2) is 5.75 Å². The number of nitrogens with zero attached hydrogens (tertiary/aromatic N) is 1. The van der Waals surface area contributed by atoms with Gasteiger partial charge in [0.05, 0.1) is 6.61 Å². The predicted molar refractivity (Wildman–Crippen MR) is 76.6 cm³/mol. The average Bonchev–Trinajstić information content (AvgIpc) is 2.43. The summed E-state index contributed by atoms with van der Waals surface area (Å²) in [6.07, 6.45) is 1.55. The lowest BCUT2D eigenvalue weighted by atomic mass is 10.2. The van der Waals surface area contributed by atoms with Crippen molar-refractivity contribution in [3.05, 3.63) is 46.6 Å². The number of carboxylic acid groups (broad SMARTS) is 1. The van der Waals surface area contributed by atoms with E-state index in [0.717, 1.165) is 0 Å². The Hall–Kier alpha value is -2.08. The molecule has 5 nitrogen and oxygen atoms in total. The molecule has 104 valence electrons. The maximum atomic E-state index is 11.2. The van der Waals surface area contributed by atoms with Crippen molar-refractivity contribution in [2.75, 3.05) is 6.61 Å². The molecule has 0 saturated heterocycles. The van der Waals surface area contributed by atoms with Crippen molar-refractivity contribution in [2.45, 2.75) is 6.92 Å². The minimum absolute atomic E-state index is 0.0486. The van der Waals surface area contributed by atoms with E-state index < -0.39 is 5.97 Å². The Kier molecular flexibility index (Phi) is 4.57. The van der Waals surface area contributed by atoms with E-state index in [1.165, 1.54) is 6.07 Å². The van der Waals surface area contributed by atoms with Gasteiger partial charge in [-0.05, 0) is 37.3 Å². The zero-order valence-electron chi connectivity index (χ0n) is 10.7. The summed E-state index contributed by atoms with van der Waals surface area (Å²) in [5, 5.41) is 9.19. The Morgan fingerprint density at radius 1 is 1.35 bits per heavy atom. The van der Waals surface area contributed by atoms with Gasteiger partial charge in [0.2, 0.25) is 0 Å². The Bertz CT molecular complexity index is 630. The van der Waals surface area contributed by atoms with Crippen molar-refractivity contribution in [3.8, 4) is 17.4 Å². The number of aromatic carboxylic acids is 1. The predicted octanol–water partition coefficient (Wildman–Crippen LogP) is 3.73. The molecule has 0 aliphatic heterocycles. The van der Waals surface area contributed by atoms with Crippen molar-refractivity contribution in [2.24, 2.45) is 0 Å². The van der Waals surface area contributed by atoms with E-state index in [-0.39, 0.29) is 17.2 Å². The van der Waals surface area contributed by atoms with Crippen LogP contribution in [0.1, 0.15) is 17.3 Å². The lowest BCUT2D eigenvalue weighted by Crippen LogP contribution is -2.02. The van der Waals surface area contributed by atoms with Crippen LogP contribution >= 0.6 is 15.9 Å². The number of benzene rings is 1. The molecule has 1 N–H and O–H groups in total. The van der Waals surface area contributed by atoms with Crippen LogP contribution in [0.3, 0.4) is 0 Å². The van der Waals surface area contributed by atoms with Crippen LogP contribution in [0.2, 0.25) is 0 Å². The average molecular weight is 338 g/mol. The first kappa shape index (κ1) is 14.3. The summed E-state index contributed by atoms with van der Waals surface area (Å²) in [6, 6.07) is 8.17. The number of aromatic nitrogens is 1. The molecule has 0 fully saturated rings. The molecule has 20 heavy (non-hydrogen) atoms. The fraction of sp³-hybridized carbons (Fsp3) is 0.143. The van der Waals surface area contributed by atoms with Gasteiger partial charge in [0, 0.05) is 10.7 Å². The fourth-order valence-corrected chi connectivity index (χ4v) is 1.94. The van der Waals surface area contributed by atoms with Crippen molar-refractivity contribution in [1.29, 1.82) is 0 Å². The monoisotopic (exact) mass is 337 g/mol. The Morgan fingerprint density at radius 2 is 2.15 bits per heavy atom. The smallest absolute Gasteiger partial charge is 0.339 e. The van der Waals surface area contributed by atoms with Crippen LogP contribution < -0.4 is 9.47 Å². The second-order valence-corrected chi connectivity index (χ2v) is 4.70. The van der Waals surface area contributed by atoms with Crippen LogP contribution in [-0.2, 0) is 0 Å². The highest BCUT2D eigenvalue weighted by molar-refractivity contribution is 9.10. The molecule has 1 aromatic carbocycles. The van der Waals surface area contributed by atoms with Crippen LogP contribution in [0.15, 0.2) is 41.0 Å². The first-order valence-electron chi connectivity index (χ1n) is 5.90. The van der Waals surface area contributed by atoms with Crippen LogP contribution in [0.5, 0.6) is 17.4 Å². The Balaban J connectivity index is 2.37. The molecule has 0 saturated carbocycles. The van der Waals surface area contributed by atoms with E-state index in [1.54, 1.807) is 30.5 Å². The summed E-state index contributed by atoms with van der Waals surface area (Å²) >= 11 is 3.23. The van der Waals surface area contributed by atoms with Gasteiger partial charge in [-0.1, -0.05) is 15.9 Å². The van der Waals surface area contributed by atoms with E-state index in [4.69, 9.17) is 9.47 Å². The van der Waals surface area contributed by atoms with E-state index in [9.17, 15) is 9.90 Å². The van der Waals surface area contributed by atoms with Gasteiger partial charge in [-0.2, -0.15) is 0 Å². The number of rotatable bonds is 5. The first-order chi connectivity index (χ1) is 9.61. The van der Waals surface area contributed by atoms with Crippen molar-refractivity contribution in [3.63, 3.8) is 0 Å². The second-order valence-electron chi connectivity index (χ2n) is 3.79. The van der Waals surface area contributed by atoms with Gasteiger partial charge < -0.3 is 14.6 Å². The van der Waals surface area contributed by atoms with E-state index in [0.29, 0.717) is 16.8 Å². The van der Waals surface area contributed by atoms with E-state index in [2.05, 4.69) is 20.9 Å². The third kappa shape index (κ3) is 3.27. The highest BCUT2D eigenvalue weighted by Crippen LogP contribution is 2.32. The topological polar surface area (TPSA) is 68.7 Å².